The van der Waals surface area contributed by atoms with Gasteiger partial charge in [0, 0.05) is 6.08 Å². The highest BCUT2D eigenvalue weighted by atomic mass is 16.5. The van der Waals surface area contributed by atoms with Gasteiger partial charge in [-0.1, -0.05) is 13.8 Å². The fourth-order valence-electron chi connectivity index (χ4n) is 0.336. The van der Waals surface area contributed by atoms with Crippen molar-refractivity contribution in [2.24, 2.45) is 5.92 Å². The maximum Gasteiger partial charge on any atom is 0.145 e. The molecule has 9 heavy (non-hydrogen) atoms. The summed E-state index contributed by atoms with van der Waals surface area (Å²) in [5.41, 5.74) is 0. The van der Waals surface area contributed by atoms with Crippen LogP contribution >= 0.6 is 0 Å². The Kier molecular flexibility index (Phi) is 4.88. The van der Waals surface area contributed by atoms with Crippen LogP contribution in [0.5, 0.6) is 0 Å². The molecule has 0 radical (unpaired) electrons. The van der Waals surface area contributed by atoms with Crippen molar-refractivity contribution < 1.29 is 9.53 Å². The summed E-state index contributed by atoms with van der Waals surface area (Å²) in [6.45, 7) is 4.77. The molecule has 0 saturated carbocycles. The normalized spacial score (nSPS) is 10.6. The molecule has 2 nitrogen and oxygen atoms in total. The lowest BCUT2D eigenvalue weighted by Gasteiger charge is -2.01. The van der Waals surface area contributed by atoms with Crippen molar-refractivity contribution in [3.8, 4) is 0 Å². The first-order chi connectivity index (χ1) is 4.27. The van der Waals surface area contributed by atoms with Crippen molar-refractivity contribution in [1.29, 1.82) is 0 Å². The van der Waals surface area contributed by atoms with Crippen molar-refractivity contribution in [3.63, 3.8) is 0 Å². The molecule has 52 valence electrons. The van der Waals surface area contributed by atoms with Gasteiger partial charge < -0.3 is 4.74 Å². The third kappa shape index (κ3) is 7.21. The zero-order valence-electron chi connectivity index (χ0n) is 5.83. The van der Waals surface area contributed by atoms with Gasteiger partial charge in [-0.05, 0) is 5.92 Å². The van der Waals surface area contributed by atoms with Crippen LogP contribution in [-0.2, 0) is 9.53 Å². The smallest absolute Gasteiger partial charge is 0.145 e. The van der Waals surface area contributed by atoms with E-state index in [1.54, 1.807) is 0 Å². The SMILES string of the molecule is CC(C)CO/C=C/C=O. The number of aldehydes is 1. The highest BCUT2D eigenvalue weighted by Crippen LogP contribution is 1.91. The molecular weight excluding hydrogens is 116 g/mol. The van der Waals surface area contributed by atoms with Crippen LogP contribution in [-0.4, -0.2) is 12.9 Å². The molecule has 0 saturated heterocycles. The third-order valence-corrected chi connectivity index (χ3v) is 0.683. The number of carbonyl (C=O) groups is 1. The van der Waals surface area contributed by atoms with Crippen molar-refractivity contribution in [2.45, 2.75) is 13.8 Å². The van der Waals surface area contributed by atoms with Gasteiger partial charge in [-0.15, -0.1) is 0 Å². The Morgan fingerprint density at radius 1 is 1.56 bits per heavy atom. The van der Waals surface area contributed by atoms with E-state index in [0.29, 0.717) is 18.8 Å². The van der Waals surface area contributed by atoms with Gasteiger partial charge in [-0.3, -0.25) is 4.79 Å². The summed E-state index contributed by atoms with van der Waals surface area (Å²) in [7, 11) is 0. The Morgan fingerprint density at radius 2 is 2.22 bits per heavy atom. The van der Waals surface area contributed by atoms with E-state index < -0.39 is 0 Å². The van der Waals surface area contributed by atoms with Crippen LogP contribution in [0, 0.1) is 5.92 Å². The molecule has 0 amide bonds. The van der Waals surface area contributed by atoms with Gasteiger partial charge in [0.1, 0.15) is 6.29 Å². The zero-order valence-corrected chi connectivity index (χ0v) is 5.83. The lowest BCUT2D eigenvalue weighted by atomic mass is 10.2. The molecule has 0 unspecified atom stereocenters. The Morgan fingerprint density at radius 3 is 2.67 bits per heavy atom. The maximum absolute atomic E-state index is 9.68. The van der Waals surface area contributed by atoms with Gasteiger partial charge in [-0.2, -0.15) is 0 Å². The monoisotopic (exact) mass is 128 g/mol. The minimum absolute atomic E-state index is 0.515. The molecule has 0 aliphatic rings. The Bertz CT molecular complexity index is 95.1. The van der Waals surface area contributed by atoms with E-state index in [1.165, 1.54) is 12.3 Å². The van der Waals surface area contributed by atoms with Gasteiger partial charge in [0.15, 0.2) is 0 Å². The molecule has 0 fully saturated rings. The molecule has 0 aromatic rings. The number of hydrogen-bond donors (Lipinski definition) is 0. The first-order valence-corrected chi connectivity index (χ1v) is 2.99. The average molecular weight is 128 g/mol. The number of rotatable bonds is 4. The average Bonchev–Trinajstić information content (AvgIpc) is 1.80. The Labute approximate surface area is 55.5 Å². The molecule has 2 heteroatoms. The maximum atomic E-state index is 9.68. The summed E-state index contributed by atoms with van der Waals surface area (Å²) in [6.07, 6.45) is 3.44. The van der Waals surface area contributed by atoms with Gasteiger partial charge in [0.05, 0.1) is 12.9 Å². The van der Waals surface area contributed by atoms with E-state index >= 15 is 0 Å². The zero-order chi connectivity index (χ0) is 7.11. The lowest BCUT2D eigenvalue weighted by Crippen LogP contribution is -1.96. The largest absolute Gasteiger partial charge is 0.501 e. The fourth-order valence-corrected chi connectivity index (χ4v) is 0.336. The van der Waals surface area contributed by atoms with Crippen LogP contribution in [0.1, 0.15) is 13.8 Å². The minimum Gasteiger partial charge on any atom is -0.501 e. The molecule has 0 aromatic heterocycles. The van der Waals surface area contributed by atoms with Gasteiger partial charge in [0.25, 0.3) is 0 Å². The van der Waals surface area contributed by atoms with E-state index in [9.17, 15) is 4.79 Å². The summed E-state index contributed by atoms with van der Waals surface area (Å²) in [5, 5.41) is 0. The second kappa shape index (κ2) is 5.35. The van der Waals surface area contributed by atoms with Crippen molar-refractivity contribution in [3.05, 3.63) is 12.3 Å². The molecule has 0 spiro atoms. The predicted octanol–water partition coefficient (Wildman–Crippen LogP) is 1.37. The summed E-state index contributed by atoms with van der Waals surface area (Å²) >= 11 is 0. The first-order valence-electron chi connectivity index (χ1n) is 2.99. The van der Waals surface area contributed by atoms with E-state index in [2.05, 4.69) is 13.8 Å². The minimum atomic E-state index is 0.515. The lowest BCUT2D eigenvalue weighted by molar-refractivity contribution is -0.104. The van der Waals surface area contributed by atoms with Crippen molar-refractivity contribution in [1.82, 2.24) is 0 Å². The molecule has 0 heterocycles. The topological polar surface area (TPSA) is 26.3 Å². The highest BCUT2D eigenvalue weighted by molar-refractivity contribution is 5.64. The van der Waals surface area contributed by atoms with E-state index in [0.717, 1.165) is 0 Å². The molecule has 0 aliphatic carbocycles. The predicted molar refractivity (Wildman–Crippen MR) is 36.0 cm³/mol. The quantitative estimate of drug-likeness (QED) is 0.325. The summed E-state index contributed by atoms with van der Waals surface area (Å²) < 4.78 is 4.92. The molecule has 0 aliphatic heterocycles. The van der Waals surface area contributed by atoms with Gasteiger partial charge in [-0.25, -0.2) is 0 Å². The highest BCUT2D eigenvalue weighted by Gasteiger charge is 1.88. The Hall–Kier alpha value is -0.790. The summed E-state index contributed by atoms with van der Waals surface area (Å²) in [6, 6.07) is 0. The number of allylic oxidation sites excluding steroid dienone is 1. The molecule has 0 aromatic carbocycles. The molecule has 0 rings (SSSR count). The second-order valence-electron chi connectivity index (χ2n) is 2.19. The van der Waals surface area contributed by atoms with Crippen LogP contribution < -0.4 is 0 Å². The number of ether oxygens (including phenoxy) is 1. The van der Waals surface area contributed by atoms with Crippen LogP contribution in [0.3, 0.4) is 0 Å². The Balaban J connectivity index is 3.08. The molecule has 0 atom stereocenters. The van der Waals surface area contributed by atoms with Crippen molar-refractivity contribution in [2.75, 3.05) is 6.61 Å². The number of carbonyl (C=O) groups excluding carboxylic acids is 1. The van der Waals surface area contributed by atoms with Gasteiger partial charge >= 0.3 is 0 Å². The van der Waals surface area contributed by atoms with E-state index in [4.69, 9.17) is 4.74 Å². The van der Waals surface area contributed by atoms with Crippen LogP contribution in [0.25, 0.3) is 0 Å². The fraction of sp³-hybridized carbons (Fsp3) is 0.571. The molecular formula is C7H12O2. The molecule has 0 N–H and O–H groups in total. The van der Waals surface area contributed by atoms with E-state index in [1.807, 2.05) is 0 Å². The standard InChI is InChI=1S/C7H12O2/c1-7(2)6-9-5-3-4-8/h3-5,7H,6H2,1-2H3/b5-3+. The van der Waals surface area contributed by atoms with Crippen LogP contribution in [0.2, 0.25) is 0 Å². The first kappa shape index (κ1) is 8.21. The summed E-state index contributed by atoms with van der Waals surface area (Å²) in [5.74, 6) is 0.515. The van der Waals surface area contributed by atoms with Gasteiger partial charge in [0.2, 0.25) is 0 Å². The summed E-state index contributed by atoms with van der Waals surface area (Å²) in [4.78, 5) is 9.68. The van der Waals surface area contributed by atoms with Crippen LogP contribution in [0.15, 0.2) is 12.3 Å². The van der Waals surface area contributed by atoms with Crippen LogP contribution in [0.4, 0.5) is 0 Å². The third-order valence-electron chi connectivity index (χ3n) is 0.683. The number of hydrogen-bond acceptors (Lipinski definition) is 2. The van der Waals surface area contributed by atoms with E-state index in [-0.39, 0.29) is 0 Å². The molecule has 0 bridgehead atoms. The van der Waals surface area contributed by atoms with Crippen molar-refractivity contribution >= 4 is 6.29 Å². The second-order valence-corrected chi connectivity index (χ2v) is 2.19.